The molecule has 5 heteroatoms. The summed E-state index contributed by atoms with van der Waals surface area (Å²) in [5.74, 6) is 1.32. The summed E-state index contributed by atoms with van der Waals surface area (Å²) >= 11 is 6.02. The van der Waals surface area contributed by atoms with Crippen LogP contribution >= 0.6 is 11.6 Å². The van der Waals surface area contributed by atoms with E-state index in [1.165, 1.54) is 0 Å². The second-order valence-corrected chi connectivity index (χ2v) is 4.18. The van der Waals surface area contributed by atoms with Crippen LogP contribution in [0.2, 0.25) is 5.02 Å². The summed E-state index contributed by atoms with van der Waals surface area (Å²) in [6, 6.07) is 0.353. The molecule has 1 atom stereocenters. The Morgan fingerprint density at radius 1 is 1.44 bits per heavy atom. The second kappa shape index (κ2) is 6.53. The normalized spacial score (nSPS) is 12.2. The zero-order valence-corrected chi connectivity index (χ0v) is 10.8. The van der Waals surface area contributed by atoms with E-state index >= 15 is 0 Å². The Hall–Kier alpha value is -1.03. The molecule has 0 aliphatic rings. The third-order valence-corrected chi connectivity index (χ3v) is 2.55. The molecule has 0 fully saturated rings. The Balaban J connectivity index is 2.73. The molecule has 0 aromatic carbocycles. The molecule has 0 spiro atoms. The van der Waals surface area contributed by atoms with E-state index < -0.39 is 0 Å². The highest BCUT2D eigenvalue weighted by atomic mass is 35.5. The molecule has 4 nitrogen and oxygen atoms in total. The van der Waals surface area contributed by atoms with Crippen molar-refractivity contribution in [1.29, 1.82) is 0 Å². The van der Waals surface area contributed by atoms with Gasteiger partial charge in [0.15, 0.2) is 5.82 Å². The summed E-state index contributed by atoms with van der Waals surface area (Å²) < 4.78 is 0. The lowest BCUT2D eigenvalue weighted by atomic mass is 10.2. The number of nitrogens with zero attached hydrogens (tertiary/aromatic N) is 2. The minimum absolute atomic E-state index is 0.353. The van der Waals surface area contributed by atoms with Gasteiger partial charge in [0.2, 0.25) is 5.95 Å². The molecule has 0 aliphatic heterocycles. The lowest BCUT2D eigenvalue weighted by Crippen LogP contribution is -2.16. The lowest BCUT2D eigenvalue weighted by Gasteiger charge is -2.14. The highest BCUT2D eigenvalue weighted by Crippen LogP contribution is 2.20. The molecule has 0 radical (unpaired) electrons. The van der Waals surface area contributed by atoms with Crippen molar-refractivity contribution in [3.8, 4) is 0 Å². The summed E-state index contributed by atoms with van der Waals surface area (Å²) in [7, 11) is 0. The van der Waals surface area contributed by atoms with E-state index in [0.717, 1.165) is 19.4 Å². The van der Waals surface area contributed by atoms with Crippen LogP contribution in [0.25, 0.3) is 0 Å². The molecule has 2 N–H and O–H groups in total. The van der Waals surface area contributed by atoms with E-state index in [0.29, 0.717) is 22.8 Å². The Labute approximate surface area is 102 Å². The van der Waals surface area contributed by atoms with Crippen LogP contribution in [0, 0.1) is 0 Å². The van der Waals surface area contributed by atoms with Crippen LogP contribution in [-0.2, 0) is 0 Å². The molecule has 1 aromatic heterocycles. The zero-order chi connectivity index (χ0) is 12.0. The van der Waals surface area contributed by atoms with Gasteiger partial charge < -0.3 is 10.6 Å². The number of hydrogen-bond acceptors (Lipinski definition) is 4. The fourth-order valence-corrected chi connectivity index (χ4v) is 1.27. The van der Waals surface area contributed by atoms with Gasteiger partial charge in [0, 0.05) is 12.6 Å². The molecule has 1 aromatic rings. The number of aromatic nitrogens is 2. The first kappa shape index (κ1) is 13.0. The van der Waals surface area contributed by atoms with Gasteiger partial charge in [0.25, 0.3) is 0 Å². The number of rotatable bonds is 6. The molecule has 0 aliphatic carbocycles. The maximum atomic E-state index is 6.02. The number of hydrogen-bond donors (Lipinski definition) is 2. The minimum Gasteiger partial charge on any atom is -0.366 e. The molecule has 0 saturated heterocycles. The maximum absolute atomic E-state index is 6.02. The van der Waals surface area contributed by atoms with Crippen molar-refractivity contribution < 1.29 is 0 Å². The summed E-state index contributed by atoms with van der Waals surface area (Å²) in [4.78, 5) is 8.45. The minimum atomic E-state index is 0.353. The van der Waals surface area contributed by atoms with Gasteiger partial charge in [-0.3, -0.25) is 0 Å². The largest absolute Gasteiger partial charge is 0.366 e. The van der Waals surface area contributed by atoms with Gasteiger partial charge in [-0.2, -0.15) is 4.98 Å². The average Bonchev–Trinajstić information content (AvgIpc) is 2.30. The zero-order valence-electron chi connectivity index (χ0n) is 10.0. The van der Waals surface area contributed by atoms with Crippen molar-refractivity contribution in [3.05, 3.63) is 11.2 Å². The van der Waals surface area contributed by atoms with Crippen molar-refractivity contribution in [2.24, 2.45) is 0 Å². The molecule has 0 saturated carbocycles. The summed E-state index contributed by atoms with van der Waals surface area (Å²) in [6.07, 6.45) is 3.69. The molecular formula is C11H19ClN4. The van der Waals surface area contributed by atoms with E-state index in [9.17, 15) is 0 Å². The quantitative estimate of drug-likeness (QED) is 0.805. The summed E-state index contributed by atoms with van der Waals surface area (Å²) in [5.41, 5.74) is 0. The van der Waals surface area contributed by atoms with Crippen LogP contribution in [0.4, 0.5) is 11.8 Å². The first-order chi connectivity index (χ1) is 7.67. The maximum Gasteiger partial charge on any atom is 0.224 e. The van der Waals surface area contributed by atoms with Crippen molar-refractivity contribution in [1.82, 2.24) is 9.97 Å². The first-order valence-electron chi connectivity index (χ1n) is 5.70. The van der Waals surface area contributed by atoms with Crippen LogP contribution in [0.1, 0.15) is 33.6 Å². The first-order valence-corrected chi connectivity index (χ1v) is 6.08. The molecule has 1 heterocycles. The molecule has 1 unspecified atom stereocenters. The number of nitrogens with one attached hydrogen (secondary N) is 2. The molecule has 1 rings (SSSR count). The molecule has 0 amide bonds. The van der Waals surface area contributed by atoms with Gasteiger partial charge in [-0.15, -0.1) is 0 Å². The third-order valence-electron chi connectivity index (χ3n) is 2.27. The summed E-state index contributed by atoms with van der Waals surface area (Å²) in [5, 5.41) is 6.94. The average molecular weight is 243 g/mol. The Morgan fingerprint density at radius 3 is 2.81 bits per heavy atom. The van der Waals surface area contributed by atoms with Gasteiger partial charge in [0.1, 0.15) is 5.02 Å². The topological polar surface area (TPSA) is 49.8 Å². The Morgan fingerprint density at radius 2 is 2.19 bits per heavy atom. The summed E-state index contributed by atoms with van der Waals surface area (Å²) in [6.45, 7) is 7.17. The van der Waals surface area contributed by atoms with Gasteiger partial charge in [0.05, 0.1) is 6.20 Å². The Bertz CT molecular complexity index is 330. The van der Waals surface area contributed by atoms with Crippen LogP contribution in [0.15, 0.2) is 6.20 Å². The van der Waals surface area contributed by atoms with Crippen molar-refractivity contribution in [2.45, 2.75) is 39.7 Å². The van der Waals surface area contributed by atoms with E-state index in [1.54, 1.807) is 6.20 Å². The SMILES string of the molecule is CCCNc1ncc(Cl)c(NC(C)CC)n1. The molecule has 16 heavy (non-hydrogen) atoms. The van der Waals surface area contributed by atoms with E-state index in [1.807, 2.05) is 0 Å². The fourth-order valence-electron chi connectivity index (χ4n) is 1.13. The van der Waals surface area contributed by atoms with Crippen LogP contribution in [0.3, 0.4) is 0 Å². The molecule has 90 valence electrons. The number of anilines is 2. The van der Waals surface area contributed by atoms with E-state index in [-0.39, 0.29) is 0 Å². The van der Waals surface area contributed by atoms with Gasteiger partial charge in [-0.25, -0.2) is 4.98 Å². The van der Waals surface area contributed by atoms with Crippen molar-refractivity contribution in [2.75, 3.05) is 17.2 Å². The highest BCUT2D eigenvalue weighted by molar-refractivity contribution is 6.32. The predicted molar refractivity (Wildman–Crippen MR) is 69.2 cm³/mol. The lowest BCUT2D eigenvalue weighted by molar-refractivity contribution is 0.758. The van der Waals surface area contributed by atoms with Crippen LogP contribution < -0.4 is 10.6 Å². The standard InChI is InChI=1S/C11H19ClN4/c1-4-6-13-11-14-7-9(12)10(16-11)15-8(3)5-2/h7-8H,4-6H2,1-3H3,(H2,13,14,15,16). The second-order valence-electron chi connectivity index (χ2n) is 3.77. The highest BCUT2D eigenvalue weighted by Gasteiger charge is 2.07. The monoisotopic (exact) mass is 242 g/mol. The van der Waals surface area contributed by atoms with E-state index in [4.69, 9.17) is 11.6 Å². The van der Waals surface area contributed by atoms with Crippen LogP contribution in [-0.4, -0.2) is 22.6 Å². The predicted octanol–water partition coefficient (Wildman–Crippen LogP) is 3.16. The van der Waals surface area contributed by atoms with Crippen molar-refractivity contribution >= 4 is 23.4 Å². The van der Waals surface area contributed by atoms with E-state index in [2.05, 4.69) is 41.4 Å². The molecular weight excluding hydrogens is 224 g/mol. The smallest absolute Gasteiger partial charge is 0.224 e. The van der Waals surface area contributed by atoms with Crippen LogP contribution in [0.5, 0.6) is 0 Å². The third kappa shape index (κ3) is 3.85. The van der Waals surface area contributed by atoms with Gasteiger partial charge in [-0.1, -0.05) is 25.4 Å². The molecule has 0 bridgehead atoms. The van der Waals surface area contributed by atoms with Gasteiger partial charge in [-0.05, 0) is 19.8 Å². The van der Waals surface area contributed by atoms with Gasteiger partial charge >= 0.3 is 0 Å². The number of halogens is 1. The Kier molecular flexibility index (Phi) is 5.32. The van der Waals surface area contributed by atoms with Crippen molar-refractivity contribution in [3.63, 3.8) is 0 Å². The fraction of sp³-hybridized carbons (Fsp3) is 0.636.